The van der Waals surface area contributed by atoms with E-state index in [0.29, 0.717) is 5.92 Å². The van der Waals surface area contributed by atoms with Gasteiger partial charge in [-0.15, -0.1) is 0 Å². The van der Waals surface area contributed by atoms with Gasteiger partial charge in [0, 0.05) is 0 Å². The maximum absolute atomic E-state index is 10.2. The van der Waals surface area contributed by atoms with Gasteiger partial charge in [-0.1, -0.05) is 42.5 Å². The lowest BCUT2D eigenvalue weighted by molar-refractivity contribution is 0.111. The maximum atomic E-state index is 10.2. The minimum absolute atomic E-state index is 0.713. The van der Waals surface area contributed by atoms with Crippen molar-refractivity contribution in [1.82, 2.24) is 0 Å². The van der Waals surface area contributed by atoms with Gasteiger partial charge in [-0.25, -0.2) is 0 Å². The molecule has 0 saturated heterocycles. The van der Waals surface area contributed by atoms with Gasteiger partial charge >= 0.3 is 0 Å². The normalized spacial score (nSPS) is 21.0. The van der Waals surface area contributed by atoms with Crippen LogP contribution in [0.3, 0.4) is 0 Å². The molecule has 1 atom stereocenters. The minimum atomic E-state index is -0.816. The van der Waals surface area contributed by atoms with Gasteiger partial charge in [0.1, 0.15) is 5.60 Å². The van der Waals surface area contributed by atoms with Crippen LogP contribution in [0, 0.1) is 5.92 Å². The number of aliphatic hydroxyl groups is 1. The second-order valence-electron chi connectivity index (χ2n) is 4.21. The molecular formula is C13H16O. The van der Waals surface area contributed by atoms with E-state index in [2.05, 4.69) is 6.08 Å². The Kier molecular flexibility index (Phi) is 2.42. The summed E-state index contributed by atoms with van der Waals surface area (Å²) in [5.74, 6) is 0.713. The van der Waals surface area contributed by atoms with E-state index >= 15 is 0 Å². The first kappa shape index (κ1) is 9.47. The molecule has 14 heavy (non-hydrogen) atoms. The van der Waals surface area contributed by atoms with E-state index in [4.69, 9.17) is 0 Å². The Morgan fingerprint density at radius 2 is 1.93 bits per heavy atom. The number of hydrogen-bond donors (Lipinski definition) is 1. The fourth-order valence-electron chi connectivity index (χ4n) is 1.48. The first-order valence-electron chi connectivity index (χ1n) is 5.16. The highest BCUT2D eigenvalue weighted by atomic mass is 16.3. The fraction of sp³-hybridized carbons (Fsp3) is 0.385. The Hall–Kier alpha value is -1.08. The summed E-state index contributed by atoms with van der Waals surface area (Å²) < 4.78 is 0. The third-order valence-corrected chi connectivity index (χ3v) is 2.67. The van der Waals surface area contributed by atoms with Crippen LogP contribution in [0.5, 0.6) is 0 Å². The monoisotopic (exact) mass is 188 g/mol. The third kappa shape index (κ3) is 2.24. The summed E-state index contributed by atoms with van der Waals surface area (Å²) in [7, 11) is 0. The first-order valence-corrected chi connectivity index (χ1v) is 5.16. The lowest BCUT2D eigenvalue weighted by Gasteiger charge is -2.19. The van der Waals surface area contributed by atoms with Crippen molar-refractivity contribution in [3.63, 3.8) is 0 Å². The number of allylic oxidation sites excluding steroid dienone is 1. The van der Waals surface area contributed by atoms with E-state index in [1.807, 2.05) is 43.3 Å². The van der Waals surface area contributed by atoms with Gasteiger partial charge < -0.3 is 5.11 Å². The molecule has 1 saturated carbocycles. The molecule has 74 valence electrons. The molecule has 0 spiro atoms. The van der Waals surface area contributed by atoms with E-state index in [1.165, 1.54) is 12.8 Å². The van der Waals surface area contributed by atoms with Crippen molar-refractivity contribution in [3.05, 3.63) is 48.0 Å². The van der Waals surface area contributed by atoms with Gasteiger partial charge in [0.2, 0.25) is 0 Å². The summed E-state index contributed by atoms with van der Waals surface area (Å²) in [6.07, 6.45) is 6.61. The average molecular weight is 188 g/mol. The van der Waals surface area contributed by atoms with Crippen LogP contribution in [-0.4, -0.2) is 5.11 Å². The zero-order valence-corrected chi connectivity index (χ0v) is 8.48. The smallest absolute Gasteiger partial charge is 0.105 e. The van der Waals surface area contributed by atoms with Crippen LogP contribution < -0.4 is 0 Å². The second-order valence-corrected chi connectivity index (χ2v) is 4.21. The highest BCUT2D eigenvalue weighted by Crippen LogP contribution is 2.32. The predicted molar refractivity (Wildman–Crippen MR) is 57.9 cm³/mol. The lowest BCUT2D eigenvalue weighted by Crippen LogP contribution is -2.17. The Morgan fingerprint density at radius 1 is 1.29 bits per heavy atom. The molecule has 1 aliphatic carbocycles. The zero-order valence-electron chi connectivity index (χ0n) is 8.48. The average Bonchev–Trinajstić information content (AvgIpc) is 3.00. The largest absolute Gasteiger partial charge is 0.381 e. The molecule has 1 nitrogen and oxygen atoms in total. The van der Waals surface area contributed by atoms with Gasteiger partial charge in [0.05, 0.1) is 0 Å². The predicted octanol–water partition coefficient (Wildman–Crippen LogP) is 2.86. The molecule has 1 fully saturated rings. The minimum Gasteiger partial charge on any atom is -0.381 e. The lowest BCUT2D eigenvalue weighted by atomic mass is 9.95. The van der Waals surface area contributed by atoms with Gasteiger partial charge in [-0.05, 0) is 31.2 Å². The molecule has 0 bridgehead atoms. The van der Waals surface area contributed by atoms with Gasteiger partial charge in [-0.2, -0.15) is 0 Å². The van der Waals surface area contributed by atoms with Crippen molar-refractivity contribution in [2.45, 2.75) is 25.4 Å². The third-order valence-electron chi connectivity index (χ3n) is 2.67. The second kappa shape index (κ2) is 3.58. The quantitative estimate of drug-likeness (QED) is 0.723. The zero-order chi connectivity index (χ0) is 10.0. The van der Waals surface area contributed by atoms with Crippen molar-refractivity contribution in [2.24, 2.45) is 5.92 Å². The number of hydrogen-bond acceptors (Lipinski definition) is 1. The van der Waals surface area contributed by atoms with Gasteiger partial charge in [0.15, 0.2) is 0 Å². The Labute approximate surface area is 85.1 Å². The molecule has 1 aromatic carbocycles. The molecule has 1 N–H and O–H groups in total. The Balaban J connectivity index is 2.14. The molecule has 2 rings (SSSR count). The molecule has 1 aromatic rings. The van der Waals surface area contributed by atoms with Gasteiger partial charge in [0.25, 0.3) is 0 Å². The molecule has 0 heterocycles. The molecule has 1 aliphatic rings. The molecule has 0 aliphatic heterocycles. The van der Waals surface area contributed by atoms with Crippen molar-refractivity contribution in [2.75, 3.05) is 0 Å². The molecule has 0 radical (unpaired) electrons. The number of rotatable bonds is 3. The summed E-state index contributed by atoms with van der Waals surface area (Å²) >= 11 is 0. The SMILES string of the molecule is C[C@](O)(/C=C/C1CC1)c1ccccc1. The van der Waals surface area contributed by atoms with Crippen LogP contribution in [0.15, 0.2) is 42.5 Å². The fourth-order valence-corrected chi connectivity index (χ4v) is 1.48. The molecule has 1 heteroatoms. The van der Waals surface area contributed by atoms with E-state index < -0.39 is 5.60 Å². The topological polar surface area (TPSA) is 20.2 Å². The van der Waals surface area contributed by atoms with Crippen molar-refractivity contribution in [3.8, 4) is 0 Å². The molecule has 0 amide bonds. The van der Waals surface area contributed by atoms with Crippen molar-refractivity contribution >= 4 is 0 Å². The van der Waals surface area contributed by atoms with E-state index in [-0.39, 0.29) is 0 Å². The summed E-state index contributed by atoms with van der Waals surface area (Å²) in [6, 6.07) is 9.78. The molecule has 0 unspecified atom stereocenters. The standard InChI is InChI=1S/C13H16O/c1-13(14,10-9-11-7-8-11)12-5-3-2-4-6-12/h2-6,9-11,14H,7-8H2,1H3/b10-9+/t13-/m0/s1. The Bertz CT molecular complexity index is 320. The Morgan fingerprint density at radius 3 is 2.50 bits per heavy atom. The summed E-state index contributed by atoms with van der Waals surface area (Å²) in [5.41, 5.74) is 0.140. The van der Waals surface area contributed by atoms with Crippen LogP contribution in [-0.2, 0) is 5.60 Å². The molecule has 0 aromatic heterocycles. The van der Waals surface area contributed by atoms with Crippen molar-refractivity contribution < 1.29 is 5.11 Å². The van der Waals surface area contributed by atoms with E-state index in [1.54, 1.807) is 0 Å². The summed E-state index contributed by atoms with van der Waals surface area (Å²) in [5, 5.41) is 10.2. The van der Waals surface area contributed by atoms with Crippen LogP contribution in [0.1, 0.15) is 25.3 Å². The number of benzene rings is 1. The van der Waals surface area contributed by atoms with Crippen LogP contribution in [0.4, 0.5) is 0 Å². The van der Waals surface area contributed by atoms with Crippen LogP contribution in [0.2, 0.25) is 0 Å². The van der Waals surface area contributed by atoms with E-state index in [9.17, 15) is 5.11 Å². The summed E-state index contributed by atoms with van der Waals surface area (Å²) in [6.45, 7) is 1.83. The van der Waals surface area contributed by atoms with Gasteiger partial charge in [-0.3, -0.25) is 0 Å². The summed E-state index contributed by atoms with van der Waals surface area (Å²) in [4.78, 5) is 0. The van der Waals surface area contributed by atoms with Crippen LogP contribution >= 0.6 is 0 Å². The highest BCUT2D eigenvalue weighted by molar-refractivity contribution is 5.26. The maximum Gasteiger partial charge on any atom is 0.105 e. The highest BCUT2D eigenvalue weighted by Gasteiger charge is 2.22. The van der Waals surface area contributed by atoms with Crippen molar-refractivity contribution in [1.29, 1.82) is 0 Å². The van der Waals surface area contributed by atoms with E-state index in [0.717, 1.165) is 5.56 Å². The first-order chi connectivity index (χ1) is 6.68. The molecular weight excluding hydrogens is 172 g/mol. The van der Waals surface area contributed by atoms with Crippen LogP contribution in [0.25, 0.3) is 0 Å².